The number of hydrazine groups is 1. The number of ether oxygens (including phenoxy) is 2. The Hall–Kier alpha value is -3.03. The summed E-state index contributed by atoms with van der Waals surface area (Å²) in [5.74, 6) is -1.54. The average Bonchev–Trinajstić information content (AvgIpc) is 2.98. The minimum atomic E-state index is -0.916. The van der Waals surface area contributed by atoms with Gasteiger partial charge < -0.3 is 9.47 Å². The number of hydrogen-bond acceptors (Lipinski definition) is 5. The van der Waals surface area contributed by atoms with Crippen molar-refractivity contribution in [3.63, 3.8) is 0 Å². The second-order valence-electron chi connectivity index (χ2n) is 6.07. The number of benzene rings is 2. The maximum Gasteiger partial charge on any atom is 0.346 e. The first kappa shape index (κ1) is 20.7. The highest BCUT2D eigenvalue weighted by atomic mass is 35.5. The number of anilines is 1. The van der Waals surface area contributed by atoms with Gasteiger partial charge in [0, 0.05) is 0 Å². The van der Waals surface area contributed by atoms with Gasteiger partial charge in [0.2, 0.25) is 0 Å². The molecule has 0 aromatic heterocycles. The summed E-state index contributed by atoms with van der Waals surface area (Å²) < 4.78 is 10.1. The van der Waals surface area contributed by atoms with Crippen LogP contribution >= 0.6 is 23.2 Å². The Morgan fingerprint density at radius 3 is 2.34 bits per heavy atom. The molecule has 3 rings (SSSR count). The monoisotopic (exact) mass is 434 g/mol. The van der Waals surface area contributed by atoms with Crippen LogP contribution in [0.1, 0.15) is 12.5 Å². The third-order valence-electron chi connectivity index (χ3n) is 4.07. The van der Waals surface area contributed by atoms with E-state index in [2.05, 4.69) is 10.2 Å². The van der Waals surface area contributed by atoms with Crippen molar-refractivity contribution in [2.45, 2.75) is 13.0 Å². The van der Waals surface area contributed by atoms with Crippen LogP contribution in [0.3, 0.4) is 0 Å². The van der Waals surface area contributed by atoms with Crippen LogP contribution < -0.4 is 15.2 Å². The van der Waals surface area contributed by atoms with Gasteiger partial charge in [0.25, 0.3) is 11.8 Å². The van der Waals surface area contributed by atoms with E-state index in [0.29, 0.717) is 11.3 Å². The van der Waals surface area contributed by atoms with E-state index in [1.54, 1.807) is 30.3 Å². The number of carbonyl (C=O) groups is 3. The Kier molecular flexibility index (Phi) is 6.10. The smallest absolute Gasteiger partial charge is 0.346 e. The van der Waals surface area contributed by atoms with Gasteiger partial charge in [0.1, 0.15) is 5.57 Å². The number of hydrogen-bond donors (Lipinski definition) is 1. The highest BCUT2D eigenvalue weighted by Crippen LogP contribution is 2.36. The van der Waals surface area contributed by atoms with E-state index < -0.39 is 23.9 Å². The molecule has 0 aliphatic carbocycles. The molecule has 1 heterocycles. The number of amides is 2. The van der Waals surface area contributed by atoms with Gasteiger partial charge in [-0.15, -0.1) is 0 Å². The molecule has 2 aromatic rings. The zero-order valence-electron chi connectivity index (χ0n) is 15.4. The van der Waals surface area contributed by atoms with Crippen molar-refractivity contribution in [1.82, 2.24) is 5.43 Å². The van der Waals surface area contributed by atoms with Gasteiger partial charge in [-0.2, -0.15) is 0 Å². The van der Waals surface area contributed by atoms with Crippen LogP contribution in [0, 0.1) is 0 Å². The van der Waals surface area contributed by atoms with Crippen LogP contribution in [0.15, 0.2) is 48.0 Å². The minimum Gasteiger partial charge on any atom is -0.476 e. The topological polar surface area (TPSA) is 84.9 Å². The number of nitrogens with zero attached hydrogens (tertiary/aromatic N) is 1. The van der Waals surface area contributed by atoms with E-state index in [9.17, 15) is 14.4 Å². The molecule has 2 aromatic carbocycles. The zero-order chi connectivity index (χ0) is 21.1. The van der Waals surface area contributed by atoms with E-state index >= 15 is 0 Å². The van der Waals surface area contributed by atoms with Crippen molar-refractivity contribution < 1.29 is 23.9 Å². The standard InChI is InChI=1S/C20H16Cl2N2O5/c1-11(20(27)28-2)29-17-15(21)9-12(10-16(17)22)8-14-18(25)23-24(19(14)26)13-6-4-3-5-7-13/h3-11H,1-2H3,(H,23,25)/b14-8-/t11-/m1/s1. The molecule has 29 heavy (non-hydrogen) atoms. The lowest BCUT2D eigenvalue weighted by atomic mass is 10.1. The number of halogens is 2. The maximum absolute atomic E-state index is 12.6. The molecular formula is C20H16Cl2N2O5. The maximum atomic E-state index is 12.6. The Balaban J connectivity index is 1.88. The Morgan fingerprint density at radius 1 is 1.14 bits per heavy atom. The third kappa shape index (κ3) is 4.36. The summed E-state index contributed by atoms with van der Waals surface area (Å²) in [6.07, 6.45) is 0.465. The van der Waals surface area contributed by atoms with Gasteiger partial charge >= 0.3 is 5.97 Å². The van der Waals surface area contributed by atoms with E-state index in [1.807, 2.05) is 0 Å². The first-order valence-electron chi connectivity index (χ1n) is 8.47. The Morgan fingerprint density at radius 2 is 1.76 bits per heavy atom. The number of para-hydroxylation sites is 1. The lowest BCUT2D eigenvalue weighted by Gasteiger charge is -2.15. The predicted octanol–water partition coefficient (Wildman–Crippen LogP) is 3.40. The van der Waals surface area contributed by atoms with Gasteiger partial charge in [0.05, 0.1) is 22.8 Å². The highest BCUT2D eigenvalue weighted by Gasteiger charge is 2.34. The fourth-order valence-corrected chi connectivity index (χ4v) is 3.24. The summed E-state index contributed by atoms with van der Waals surface area (Å²) in [4.78, 5) is 36.4. The molecule has 0 radical (unpaired) electrons. The first-order chi connectivity index (χ1) is 13.8. The van der Waals surface area contributed by atoms with Crippen LogP contribution in [0.2, 0.25) is 10.0 Å². The fourth-order valence-electron chi connectivity index (χ4n) is 2.65. The largest absolute Gasteiger partial charge is 0.476 e. The van der Waals surface area contributed by atoms with Gasteiger partial charge in [-0.05, 0) is 42.8 Å². The SMILES string of the molecule is COC(=O)[C@@H](C)Oc1c(Cl)cc(/C=C2/C(=O)NN(c3ccccc3)C2=O)cc1Cl. The molecule has 0 unspecified atom stereocenters. The van der Waals surface area contributed by atoms with E-state index in [4.69, 9.17) is 27.9 Å². The summed E-state index contributed by atoms with van der Waals surface area (Å²) in [5, 5.41) is 1.39. The van der Waals surface area contributed by atoms with Crippen LogP contribution in [0.25, 0.3) is 6.08 Å². The first-order valence-corrected chi connectivity index (χ1v) is 9.23. The normalized spacial score (nSPS) is 16.0. The molecular weight excluding hydrogens is 419 g/mol. The molecule has 7 nitrogen and oxygen atoms in total. The quantitative estimate of drug-likeness (QED) is 0.442. The van der Waals surface area contributed by atoms with E-state index in [1.165, 1.54) is 32.2 Å². The highest BCUT2D eigenvalue weighted by molar-refractivity contribution is 6.37. The average molecular weight is 435 g/mol. The molecule has 1 aliphatic rings. The molecule has 1 saturated heterocycles. The molecule has 0 spiro atoms. The fraction of sp³-hybridized carbons (Fsp3) is 0.150. The van der Waals surface area contributed by atoms with Crippen LogP contribution in [-0.2, 0) is 19.1 Å². The predicted molar refractivity (Wildman–Crippen MR) is 109 cm³/mol. The minimum absolute atomic E-state index is 0.0717. The Labute approximate surface area is 176 Å². The number of nitrogens with one attached hydrogen (secondary N) is 1. The van der Waals surface area contributed by atoms with Crippen molar-refractivity contribution in [3.05, 3.63) is 63.6 Å². The van der Waals surface area contributed by atoms with E-state index in [-0.39, 0.29) is 21.4 Å². The van der Waals surface area contributed by atoms with Crippen molar-refractivity contribution in [2.75, 3.05) is 12.1 Å². The van der Waals surface area contributed by atoms with Gasteiger partial charge in [-0.3, -0.25) is 15.0 Å². The summed E-state index contributed by atoms with van der Waals surface area (Å²) in [5.41, 5.74) is 3.39. The molecule has 2 amide bonds. The summed E-state index contributed by atoms with van der Waals surface area (Å²) in [6.45, 7) is 1.49. The second-order valence-corrected chi connectivity index (χ2v) is 6.89. The second kappa shape index (κ2) is 8.55. The Bertz CT molecular complexity index is 984. The number of esters is 1. The number of rotatable bonds is 5. The van der Waals surface area contributed by atoms with Crippen LogP contribution in [-0.4, -0.2) is 31.0 Å². The molecule has 1 atom stereocenters. The number of methoxy groups -OCH3 is 1. The molecule has 0 bridgehead atoms. The molecule has 1 N–H and O–H groups in total. The number of carbonyl (C=O) groups excluding carboxylic acids is 3. The molecule has 1 aliphatic heterocycles. The van der Waals surface area contributed by atoms with Crippen LogP contribution in [0.4, 0.5) is 5.69 Å². The molecule has 150 valence electrons. The zero-order valence-corrected chi connectivity index (χ0v) is 17.0. The third-order valence-corrected chi connectivity index (χ3v) is 4.63. The van der Waals surface area contributed by atoms with Gasteiger partial charge in [0.15, 0.2) is 11.9 Å². The molecule has 9 heteroatoms. The molecule has 1 fully saturated rings. The van der Waals surface area contributed by atoms with Crippen LogP contribution in [0.5, 0.6) is 5.75 Å². The van der Waals surface area contributed by atoms with Gasteiger partial charge in [-0.25, -0.2) is 9.80 Å². The summed E-state index contributed by atoms with van der Waals surface area (Å²) in [6, 6.07) is 11.7. The van der Waals surface area contributed by atoms with Crippen molar-refractivity contribution in [3.8, 4) is 5.75 Å². The lowest BCUT2D eigenvalue weighted by Crippen LogP contribution is -2.35. The van der Waals surface area contributed by atoms with Gasteiger partial charge in [-0.1, -0.05) is 41.4 Å². The van der Waals surface area contributed by atoms with E-state index in [0.717, 1.165) is 5.01 Å². The lowest BCUT2D eigenvalue weighted by molar-refractivity contribution is -0.147. The van der Waals surface area contributed by atoms with Crippen molar-refractivity contribution >= 4 is 52.7 Å². The van der Waals surface area contributed by atoms with Crippen molar-refractivity contribution in [1.29, 1.82) is 0 Å². The summed E-state index contributed by atoms with van der Waals surface area (Å²) in [7, 11) is 1.24. The molecule has 0 saturated carbocycles. The summed E-state index contributed by atoms with van der Waals surface area (Å²) >= 11 is 12.4. The van der Waals surface area contributed by atoms with Crippen molar-refractivity contribution in [2.24, 2.45) is 0 Å².